The van der Waals surface area contributed by atoms with Crippen LogP contribution in [0.2, 0.25) is 0 Å². The molecule has 2 aromatic heterocycles. The van der Waals surface area contributed by atoms with Gasteiger partial charge >= 0.3 is 0 Å². The van der Waals surface area contributed by atoms with E-state index in [0.717, 1.165) is 5.65 Å². The number of nitrogens with zero attached hydrogens (tertiary/aromatic N) is 2. The minimum atomic E-state index is -0.402. The van der Waals surface area contributed by atoms with E-state index in [0.29, 0.717) is 12.1 Å². The molecule has 1 atom stereocenters. The Labute approximate surface area is 112 Å². The standard InChI is InChI=1S/C14H20N4O/c1-10(2)14(3,9-15)17-13(19)11-4-5-12-16-6-7-18(12)8-11/h4-8,10H,9,15H2,1-3H3,(H,17,19). The van der Waals surface area contributed by atoms with Gasteiger partial charge in [-0.25, -0.2) is 4.98 Å². The molecule has 5 nitrogen and oxygen atoms in total. The Hall–Kier alpha value is -1.88. The van der Waals surface area contributed by atoms with E-state index in [2.05, 4.69) is 10.3 Å². The summed E-state index contributed by atoms with van der Waals surface area (Å²) >= 11 is 0. The molecule has 0 aromatic carbocycles. The van der Waals surface area contributed by atoms with Crippen molar-refractivity contribution in [3.63, 3.8) is 0 Å². The lowest BCUT2D eigenvalue weighted by molar-refractivity contribution is 0.0883. The quantitative estimate of drug-likeness (QED) is 0.873. The number of pyridine rings is 1. The van der Waals surface area contributed by atoms with E-state index in [1.165, 1.54) is 0 Å². The van der Waals surface area contributed by atoms with Crippen LogP contribution in [-0.4, -0.2) is 27.4 Å². The van der Waals surface area contributed by atoms with E-state index in [4.69, 9.17) is 5.73 Å². The zero-order chi connectivity index (χ0) is 14.0. The molecule has 2 rings (SSSR count). The maximum atomic E-state index is 12.3. The lowest BCUT2D eigenvalue weighted by Crippen LogP contribution is -2.55. The number of carbonyl (C=O) groups is 1. The zero-order valence-electron chi connectivity index (χ0n) is 11.6. The molecule has 0 saturated carbocycles. The minimum Gasteiger partial charge on any atom is -0.345 e. The SMILES string of the molecule is CC(C)C(C)(CN)NC(=O)c1ccc2nccn2c1. The first-order chi connectivity index (χ1) is 8.96. The molecule has 1 amide bonds. The second-order valence-corrected chi connectivity index (χ2v) is 5.34. The molecule has 2 heterocycles. The average Bonchev–Trinajstić information content (AvgIpc) is 2.85. The van der Waals surface area contributed by atoms with E-state index < -0.39 is 5.54 Å². The lowest BCUT2D eigenvalue weighted by atomic mass is 9.88. The Morgan fingerprint density at radius 1 is 1.53 bits per heavy atom. The Kier molecular flexibility index (Phi) is 3.57. The predicted octanol–water partition coefficient (Wildman–Crippen LogP) is 1.44. The van der Waals surface area contributed by atoms with Gasteiger partial charge in [0.05, 0.1) is 11.1 Å². The smallest absolute Gasteiger partial charge is 0.253 e. The molecule has 102 valence electrons. The number of fused-ring (bicyclic) bond motifs is 1. The summed E-state index contributed by atoms with van der Waals surface area (Å²) in [6.07, 6.45) is 5.29. The first-order valence-corrected chi connectivity index (χ1v) is 6.41. The predicted molar refractivity (Wildman–Crippen MR) is 75.0 cm³/mol. The molecule has 0 aliphatic rings. The molecular formula is C14H20N4O. The van der Waals surface area contributed by atoms with Gasteiger partial charge in [-0.2, -0.15) is 0 Å². The van der Waals surface area contributed by atoms with Gasteiger partial charge in [-0.1, -0.05) is 13.8 Å². The summed E-state index contributed by atoms with van der Waals surface area (Å²) in [6, 6.07) is 3.60. The monoisotopic (exact) mass is 260 g/mol. The molecule has 0 bridgehead atoms. The molecule has 0 radical (unpaired) electrons. The highest BCUT2D eigenvalue weighted by atomic mass is 16.1. The number of aromatic nitrogens is 2. The number of carbonyl (C=O) groups excluding carboxylic acids is 1. The van der Waals surface area contributed by atoms with Crippen LogP contribution in [0.1, 0.15) is 31.1 Å². The van der Waals surface area contributed by atoms with Crippen LogP contribution in [0.3, 0.4) is 0 Å². The van der Waals surface area contributed by atoms with Crippen LogP contribution >= 0.6 is 0 Å². The summed E-state index contributed by atoms with van der Waals surface area (Å²) in [5, 5.41) is 3.02. The van der Waals surface area contributed by atoms with E-state index >= 15 is 0 Å². The Morgan fingerprint density at radius 2 is 2.26 bits per heavy atom. The lowest BCUT2D eigenvalue weighted by Gasteiger charge is -2.33. The molecule has 0 spiro atoms. The normalized spacial score (nSPS) is 14.6. The zero-order valence-corrected chi connectivity index (χ0v) is 11.6. The van der Waals surface area contributed by atoms with E-state index in [1.54, 1.807) is 18.5 Å². The molecule has 5 heteroatoms. The molecule has 2 aromatic rings. The van der Waals surface area contributed by atoms with Crippen molar-refractivity contribution in [2.45, 2.75) is 26.3 Å². The van der Waals surface area contributed by atoms with Crippen LogP contribution in [0.15, 0.2) is 30.7 Å². The van der Waals surface area contributed by atoms with E-state index in [1.807, 2.05) is 37.4 Å². The summed E-state index contributed by atoms with van der Waals surface area (Å²) < 4.78 is 1.82. The first kappa shape index (κ1) is 13.5. The van der Waals surface area contributed by atoms with E-state index in [-0.39, 0.29) is 11.8 Å². The molecular weight excluding hydrogens is 240 g/mol. The van der Waals surface area contributed by atoms with Gasteiger partial charge in [0.25, 0.3) is 5.91 Å². The van der Waals surface area contributed by atoms with Crippen LogP contribution in [0.25, 0.3) is 5.65 Å². The highest BCUT2D eigenvalue weighted by molar-refractivity contribution is 5.94. The van der Waals surface area contributed by atoms with Crippen molar-refractivity contribution in [2.75, 3.05) is 6.54 Å². The largest absolute Gasteiger partial charge is 0.345 e. The van der Waals surface area contributed by atoms with Crippen molar-refractivity contribution in [3.8, 4) is 0 Å². The Morgan fingerprint density at radius 3 is 2.89 bits per heavy atom. The van der Waals surface area contributed by atoms with Crippen molar-refractivity contribution >= 4 is 11.6 Å². The highest BCUT2D eigenvalue weighted by Crippen LogP contribution is 2.16. The van der Waals surface area contributed by atoms with Gasteiger partial charge in [-0.3, -0.25) is 4.79 Å². The van der Waals surface area contributed by atoms with Gasteiger partial charge < -0.3 is 15.5 Å². The van der Waals surface area contributed by atoms with Crippen LogP contribution in [-0.2, 0) is 0 Å². The third kappa shape index (κ3) is 2.61. The van der Waals surface area contributed by atoms with E-state index in [9.17, 15) is 4.79 Å². The average molecular weight is 260 g/mol. The number of amides is 1. The van der Waals surface area contributed by atoms with Crippen molar-refractivity contribution in [1.82, 2.24) is 14.7 Å². The molecule has 0 fully saturated rings. The van der Waals surface area contributed by atoms with Crippen LogP contribution in [0.4, 0.5) is 0 Å². The minimum absolute atomic E-state index is 0.114. The Bertz CT molecular complexity index is 590. The topological polar surface area (TPSA) is 72.4 Å². The van der Waals surface area contributed by atoms with Gasteiger partial charge in [-0.05, 0) is 25.0 Å². The van der Waals surface area contributed by atoms with Gasteiger partial charge in [0.15, 0.2) is 0 Å². The molecule has 0 saturated heterocycles. The third-order valence-corrected chi connectivity index (χ3v) is 3.75. The number of hydrogen-bond acceptors (Lipinski definition) is 3. The van der Waals surface area contributed by atoms with Gasteiger partial charge in [0, 0.05) is 25.1 Å². The Balaban J connectivity index is 2.23. The molecule has 1 unspecified atom stereocenters. The number of nitrogens with two attached hydrogens (primary N) is 1. The fourth-order valence-electron chi connectivity index (χ4n) is 1.82. The first-order valence-electron chi connectivity index (χ1n) is 6.41. The maximum Gasteiger partial charge on any atom is 0.253 e. The molecule has 0 aliphatic heterocycles. The van der Waals surface area contributed by atoms with Gasteiger partial charge in [-0.15, -0.1) is 0 Å². The van der Waals surface area contributed by atoms with Crippen LogP contribution in [0.5, 0.6) is 0 Å². The van der Waals surface area contributed by atoms with Crippen molar-refractivity contribution in [3.05, 3.63) is 36.3 Å². The molecule has 0 aliphatic carbocycles. The van der Waals surface area contributed by atoms with Crippen LogP contribution < -0.4 is 11.1 Å². The second-order valence-electron chi connectivity index (χ2n) is 5.34. The molecule has 19 heavy (non-hydrogen) atoms. The van der Waals surface area contributed by atoms with Crippen molar-refractivity contribution in [1.29, 1.82) is 0 Å². The number of imidazole rings is 1. The molecule has 3 N–H and O–H groups in total. The third-order valence-electron chi connectivity index (χ3n) is 3.75. The number of hydrogen-bond donors (Lipinski definition) is 2. The summed E-state index contributed by atoms with van der Waals surface area (Å²) in [7, 11) is 0. The second kappa shape index (κ2) is 5.01. The summed E-state index contributed by atoms with van der Waals surface area (Å²) in [5.74, 6) is 0.149. The van der Waals surface area contributed by atoms with Crippen molar-refractivity contribution < 1.29 is 4.79 Å². The maximum absolute atomic E-state index is 12.3. The summed E-state index contributed by atoms with van der Waals surface area (Å²) in [5.41, 5.74) is 6.80. The van der Waals surface area contributed by atoms with Crippen molar-refractivity contribution in [2.24, 2.45) is 11.7 Å². The number of rotatable bonds is 4. The fraction of sp³-hybridized carbons (Fsp3) is 0.429. The summed E-state index contributed by atoms with van der Waals surface area (Å²) in [6.45, 7) is 6.47. The van der Waals surface area contributed by atoms with Gasteiger partial charge in [0.1, 0.15) is 5.65 Å². The van der Waals surface area contributed by atoms with Gasteiger partial charge in [0.2, 0.25) is 0 Å². The number of nitrogens with one attached hydrogen (secondary N) is 1. The highest BCUT2D eigenvalue weighted by Gasteiger charge is 2.28. The fourth-order valence-corrected chi connectivity index (χ4v) is 1.82. The summed E-state index contributed by atoms with van der Waals surface area (Å²) in [4.78, 5) is 16.4. The van der Waals surface area contributed by atoms with Crippen LogP contribution in [0, 0.1) is 5.92 Å².